The van der Waals surface area contributed by atoms with Gasteiger partial charge < -0.3 is 69.6 Å². The summed E-state index contributed by atoms with van der Waals surface area (Å²) < 4.78 is 28.1. The third-order valence-electron chi connectivity index (χ3n) is 7.05. The number of phenols is 4. The Hall–Kier alpha value is -3.51. The summed E-state index contributed by atoms with van der Waals surface area (Å²) in [6.07, 6.45) is -8.45. The minimum atomic E-state index is -2.06. The van der Waals surface area contributed by atoms with E-state index >= 15 is 0 Å². The molecule has 0 saturated carbocycles. The van der Waals surface area contributed by atoms with Crippen LogP contribution in [0.25, 0.3) is 6.08 Å². The van der Waals surface area contributed by atoms with Crippen molar-refractivity contribution >= 4 is 12.0 Å². The van der Waals surface area contributed by atoms with Gasteiger partial charge in [-0.25, -0.2) is 4.79 Å². The molecule has 43 heavy (non-hydrogen) atoms. The number of esters is 1. The third kappa shape index (κ3) is 7.53. The highest BCUT2D eigenvalue weighted by molar-refractivity contribution is 5.87. The van der Waals surface area contributed by atoms with Crippen molar-refractivity contribution in [3.05, 3.63) is 53.6 Å². The van der Waals surface area contributed by atoms with Crippen molar-refractivity contribution in [3.63, 3.8) is 0 Å². The molecule has 2 saturated heterocycles. The van der Waals surface area contributed by atoms with Gasteiger partial charge in [0.25, 0.3) is 0 Å². The maximum absolute atomic E-state index is 12.8. The van der Waals surface area contributed by atoms with Gasteiger partial charge in [-0.05, 0) is 47.9 Å². The largest absolute Gasteiger partial charge is 0.504 e. The summed E-state index contributed by atoms with van der Waals surface area (Å²) in [6.45, 7) is -2.18. The monoisotopic (exact) mass is 610 g/mol. The fourth-order valence-corrected chi connectivity index (χ4v) is 4.52. The maximum atomic E-state index is 12.8. The number of benzene rings is 2. The smallest absolute Gasteiger partial charge is 0.331 e. The normalized spacial score (nSPS) is 31.0. The van der Waals surface area contributed by atoms with Gasteiger partial charge in [0.2, 0.25) is 0 Å². The van der Waals surface area contributed by atoms with E-state index in [0.717, 1.165) is 6.08 Å². The molecule has 0 unspecified atom stereocenters. The molecular weight excluding hydrogens is 576 g/mol. The quantitative estimate of drug-likeness (QED) is 0.0806. The lowest BCUT2D eigenvalue weighted by molar-refractivity contribution is -0.336. The minimum Gasteiger partial charge on any atom is -0.504 e. The molecule has 0 radical (unpaired) electrons. The summed E-state index contributed by atoms with van der Waals surface area (Å²) in [6, 6.07) is 7.95. The molecule has 2 aliphatic heterocycles. The Kier molecular flexibility index (Phi) is 10.4. The average molecular weight is 611 g/mol. The number of rotatable bonds is 11. The first-order valence-corrected chi connectivity index (χ1v) is 13.2. The molecule has 0 bridgehead atoms. The van der Waals surface area contributed by atoms with Crippen LogP contribution in [0, 0.1) is 0 Å². The lowest BCUT2D eigenvalue weighted by Gasteiger charge is -2.44. The van der Waals surface area contributed by atoms with E-state index in [2.05, 4.69) is 0 Å². The average Bonchev–Trinajstić information content (AvgIpc) is 3.27. The highest BCUT2D eigenvalue weighted by Gasteiger charge is 2.54. The van der Waals surface area contributed by atoms with Gasteiger partial charge in [0.05, 0.1) is 26.4 Å². The van der Waals surface area contributed by atoms with Gasteiger partial charge in [-0.1, -0.05) is 12.1 Å². The number of aliphatic hydroxyl groups is 5. The molecular formula is C28H34O15. The van der Waals surface area contributed by atoms with Gasteiger partial charge in [-0.3, -0.25) is 0 Å². The van der Waals surface area contributed by atoms with Crippen molar-refractivity contribution in [1.29, 1.82) is 0 Å². The summed E-state index contributed by atoms with van der Waals surface area (Å²) in [5.41, 5.74) is -1.17. The van der Waals surface area contributed by atoms with E-state index < -0.39 is 80.2 Å². The van der Waals surface area contributed by atoms with Gasteiger partial charge in [0.1, 0.15) is 23.9 Å². The fourth-order valence-electron chi connectivity index (χ4n) is 4.52. The molecule has 0 aliphatic carbocycles. The summed E-state index contributed by atoms with van der Waals surface area (Å²) >= 11 is 0. The van der Waals surface area contributed by atoms with E-state index in [4.69, 9.17) is 23.7 Å². The molecule has 0 aromatic heterocycles. The minimum absolute atomic E-state index is 0.0947. The van der Waals surface area contributed by atoms with Crippen LogP contribution < -0.4 is 0 Å². The number of carbonyl (C=O) groups is 1. The van der Waals surface area contributed by atoms with E-state index in [1.165, 1.54) is 42.5 Å². The number of aliphatic hydroxyl groups excluding tert-OH is 4. The van der Waals surface area contributed by atoms with E-state index in [0.29, 0.717) is 11.1 Å². The highest BCUT2D eigenvalue weighted by atomic mass is 16.8. The van der Waals surface area contributed by atoms with E-state index in [-0.39, 0.29) is 30.3 Å². The second kappa shape index (κ2) is 13.9. The van der Waals surface area contributed by atoms with Gasteiger partial charge in [-0.2, -0.15) is 0 Å². The molecule has 4 rings (SSSR count). The molecule has 8 atom stereocenters. The number of hydrogen-bond donors (Lipinski definition) is 9. The van der Waals surface area contributed by atoms with Crippen molar-refractivity contribution in [3.8, 4) is 23.0 Å². The lowest BCUT2D eigenvalue weighted by Crippen LogP contribution is -2.62. The summed E-state index contributed by atoms with van der Waals surface area (Å²) in [7, 11) is 0. The van der Waals surface area contributed by atoms with Crippen molar-refractivity contribution in [2.45, 2.75) is 55.1 Å². The van der Waals surface area contributed by atoms with Crippen LogP contribution in [-0.2, 0) is 34.9 Å². The molecule has 15 heteroatoms. The van der Waals surface area contributed by atoms with Crippen LogP contribution in [0.5, 0.6) is 23.0 Å². The van der Waals surface area contributed by atoms with Gasteiger partial charge in [-0.15, -0.1) is 0 Å². The van der Waals surface area contributed by atoms with Crippen LogP contribution in [-0.4, -0.2) is 127 Å². The third-order valence-corrected chi connectivity index (χ3v) is 7.05. The van der Waals surface area contributed by atoms with E-state index in [9.17, 15) is 50.8 Å². The zero-order chi connectivity index (χ0) is 31.3. The van der Waals surface area contributed by atoms with Crippen molar-refractivity contribution in [1.82, 2.24) is 0 Å². The number of phenolic OH excluding ortho intramolecular Hbond substituents is 4. The van der Waals surface area contributed by atoms with Gasteiger partial charge >= 0.3 is 5.97 Å². The SMILES string of the molecule is O=C(/C=C/c1ccc(O)c(O)c1)O[C@@H]1[C@H](O)[C@@H](CO)O[C@@H](OCCc2ccc(O)c(O)c2)[C@@H]1O[C@@H]1OC[C@](O)(CO)[C@H]1O. The lowest BCUT2D eigenvalue weighted by atomic mass is 9.97. The summed E-state index contributed by atoms with van der Waals surface area (Å²) in [5.74, 6) is -2.44. The number of ether oxygens (including phenoxy) is 5. The molecule has 2 fully saturated rings. The zero-order valence-corrected chi connectivity index (χ0v) is 22.7. The molecule has 2 aliphatic rings. The Morgan fingerprint density at radius 3 is 2.28 bits per heavy atom. The Bertz CT molecular complexity index is 1280. The van der Waals surface area contributed by atoms with Crippen molar-refractivity contribution < 1.29 is 74.4 Å². The van der Waals surface area contributed by atoms with Crippen LogP contribution in [0.1, 0.15) is 11.1 Å². The summed E-state index contributed by atoms with van der Waals surface area (Å²) in [5, 5.41) is 89.6. The Labute approximate surface area is 245 Å². The predicted molar refractivity (Wildman–Crippen MR) is 143 cm³/mol. The first-order chi connectivity index (χ1) is 20.4. The Morgan fingerprint density at radius 1 is 0.953 bits per heavy atom. The second-order valence-corrected chi connectivity index (χ2v) is 10.1. The Balaban J connectivity index is 1.55. The van der Waals surface area contributed by atoms with Crippen molar-refractivity contribution in [2.24, 2.45) is 0 Å². The van der Waals surface area contributed by atoms with Crippen molar-refractivity contribution in [2.75, 3.05) is 26.4 Å². The van der Waals surface area contributed by atoms with Crippen LogP contribution in [0.3, 0.4) is 0 Å². The zero-order valence-electron chi connectivity index (χ0n) is 22.7. The van der Waals surface area contributed by atoms with Crippen LogP contribution in [0.15, 0.2) is 42.5 Å². The first-order valence-electron chi connectivity index (χ1n) is 13.2. The van der Waals surface area contributed by atoms with Crippen LogP contribution in [0.2, 0.25) is 0 Å². The van der Waals surface area contributed by atoms with Crippen LogP contribution in [0.4, 0.5) is 0 Å². The fraction of sp³-hybridized carbons (Fsp3) is 0.464. The molecule has 236 valence electrons. The maximum Gasteiger partial charge on any atom is 0.331 e. The second-order valence-electron chi connectivity index (χ2n) is 10.1. The molecule has 0 spiro atoms. The number of aromatic hydroxyl groups is 4. The topological polar surface area (TPSA) is 245 Å². The van der Waals surface area contributed by atoms with E-state index in [1.807, 2.05) is 0 Å². The molecule has 15 nitrogen and oxygen atoms in total. The first kappa shape index (κ1) is 32.4. The molecule has 2 aromatic rings. The van der Waals surface area contributed by atoms with Gasteiger partial charge in [0.15, 0.2) is 47.8 Å². The standard InChI is InChI=1S/C28H34O15/c29-11-20-22(36)23(42-21(35)6-3-14-1-4-16(31)18(33)9-14)24(43-27-25(37)28(38,12-30)13-40-27)26(41-20)39-8-7-15-2-5-17(32)19(34)10-15/h1-6,9-10,20,22-27,29-34,36-38H,7-8,11-13H2/b6-3+/t20-,22-,23-,24-,25+,26-,27+,28-/m1/s1. The molecule has 2 aromatic carbocycles. The number of hydrogen-bond acceptors (Lipinski definition) is 15. The van der Waals surface area contributed by atoms with Crippen LogP contribution >= 0.6 is 0 Å². The molecule has 0 amide bonds. The van der Waals surface area contributed by atoms with E-state index in [1.54, 1.807) is 0 Å². The van der Waals surface area contributed by atoms with Gasteiger partial charge in [0, 0.05) is 6.08 Å². The highest BCUT2D eigenvalue weighted by Crippen LogP contribution is 2.33. The molecule has 2 heterocycles. The summed E-state index contributed by atoms with van der Waals surface area (Å²) in [4.78, 5) is 12.8. The molecule has 9 N–H and O–H groups in total. The number of carbonyl (C=O) groups excluding carboxylic acids is 1. The Morgan fingerprint density at radius 2 is 1.65 bits per heavy atom. The predicted octanol–water partition coefficient (Wildman–Crippen LogP) is -1.40.